The van der Waals surface area contributed by atoms with Crippen molar-refractivity contribution in [3.8, 4) is 0 Å². The summed E-state index contributed by atoms with van der Waals surface area (Å²) in [6.45, 7) is 4.57. The van der Waals surface area contributed by atoms with Crippen molar-refractivity contribution in [3.63, 3.8) is 0 Å². The van der Waals surface area contributed by atoms with Crippen LogP contribution in [0.5, 0.6) is 0 Å². The Labute approximate surface area is 252 Å². The number of hydrogen-bond donors (Lipinski definition) is 1. The number of hydrogen-bond acceptors (Lipinski definition) is 6. The van der Waals surface area contributed by atoms with E-state index in [2.05, 4.69) is 40.5 Å². The summed E-state index contributed by atoms with van der Waals surface area (Å²) in [4.78, 5) is 32.0. The second kappa shape index (κ2) is 13.1. The molecule has 0 radical (unpaired) electrons. The number of carbonyl (C=O) groups is 2. The molecule has 1 aromatic heterocycles. The number of Topliss-reactive ketones (excluding diaryl/α,β-unsaturated/α-hetero) is 2. The fourth-order valence-electron chi connectivity index (χ4n) is 7.09. The first kappa shape index (κ1) is 29.8. The van der Waals surface area contributed by atoms with Gasteiger partial charge in [0.25, 0.3) is 0 Å². The highest BCUT2D eigenvalue weighted by molar-refractivity contribution is 6.47. The quantitative estimate of drug-likeness (QED) is 0.302. The molecule has 3 atom stereocenters. The van der Waals surface area contributed by atoms with Gasteiger partial charge in [-0.25, -0.2) is 0 Å². The Balaban J connectivity index is 1.31. The minimum Gasteiger partial charge on any atom is -0.295 e. The number of aliphatic imine (C=N–C) groups is 1. The molecule has 1 saturated carbocycles. The van der Waals surface area contributed by atoms with E-state index in [1.165, 1.54) is 12.0 Å². The lowest BCUT2D eigenvalue weighted by Gasteiger charge is -2.43. The van der Waals surface area contributed by atoms with E-state index in [-0.39, 0.29) is 34.9 Å². The first-order valence-corrected chi connectivity index (χ1v) is 15.8. The number of nitrogens with zero attached hydrogens (tertiary/aromatic N) is 4. The Morgan fingerprint density at radius 1 is 1.07 bits per heavy atom. The molecule has 9 heteroatoms. The smallest absolute Gasteiger partial charge is 0.181 e. The Bertz CT molecular complexity index is 1340. The van der Waals surface area contributed by atoms with Gasteiger partial charge in [0.15, 0.2) is 17.4 Å². The zero-order valence-corrected chi connectivity index (χ0v) is 25.5. The minimum absolute atomic E-state index is 0.0677. The highest BCUT2D eigenvalue weighted by Gasteiger charge is 2.46. The van der Waals surface area contributed by atoms with Crippen molar-refractivity contribution < 1.29 is 9.59 Å². The largest absolute Gasteiger partial charge is 0.295 e. The molecule has 41 heavy (non-hydrogen) atoms. The number of aryl methyl sites for hydroxylation is 1. The Kier molecular flexibility index (Phi) is 9.55. The van der Waals surface area contributed by atoms with E-state index >= 15 is 0 Å². The third kappa shape index (κ3) is 6.89. The van der Waals surface area contributed by atoms with Gasteiger partial charge in [-0.05, 0) is 80.1 Å². The molecule has 2 heterocycles. The van der Waals surface area contributed by atoms with Crippen molar-refractivity contribution in [2.75, 3.05) is 0 Å². The van der Waals surface area contributed by atoms with Crippen LogP contribution >= 0.6 is 23.2 Å². The van der Waals surface area contributed by atoms with Gasteiger partial charge in [-0.15, -0.1) is 10.2 Å². The van der Waals surface area contributed by atoms with E-state index in [0.29, 0.717) is 34.4 Å². The summed E-state index contributed by atoms with van der Waals surface area (Å²) in [5.74, 6) is 1.61. The monoisotopic (exact) mass is 595 g/mol. The number of nitrogens with one attached hydrogen (secondary N) is 1. The van der Waals surface area contributed by atoms with Gasteiger partial charge >= 0.3 is 0 Å². The molecule has 2 aromatic rings. The predicted octanol–water partition coefficient (Wildman–Crippen LogP) is 7.49. The van der Waals surface area contributed by atoms with Crippen molar-refractivity contribution in [3.05, 3.63) is 62.9 Å². The van der Waals surface area contributed by atoms with Crippen molar-refractivity contribution in [2.24, 2.45) is 22.7 Å². The van der Waals surface area contributed by atoms with Crippen LogP contribution in [0.1, 0.15) is 95.9 Å². The summed E-state index contributed by atoms with van der Waals surface area (Å²) in [5.41, 5.74) is 3.21. The van der Waals surface area contributed by atoms with Crippen LogP contribution in [-0.4, -0.2) is 43.4 Å². The molecule has 1 aromatic carbocycles. The maximum Gasteiger partial charge on any atom is 0.181 e. The fourth-order valence-corrected chi connectivity index (χ4v) is 7.61. The maximum absolute atomic E-state index is 13.8. The summed E-state index contributed by atoms with van der Waals surface area (Å²) >= 11 is 12.7. The number of halogens is 2. The molecular formula is C32H39Cl2N5O2. The zero-order valence-electron chi connectivity index (χ0n) is 24.0. The molecule has 0 amide bonds. The summed E-state index contributed by atoms with van der Waals surface area (Å²) < 4.78 is 0. The lowest BCUT2D eigenvalue weighted by atomic mass is 9.64. The molecule has 0 saturated heterocycles. The van der Waals surface area contributed by atoms with Gasteiger partial charge in [-0.2, -0.15) is 5.21 Å². The van der Waals surface area contributed by atoms with Gasteiger partial charge in [0.2, 0.25) is 0 Å². The molecule has 2 aliphatic carbocycles. The molecule has 1 spiro atoms. The number of benzene rings is 1. The number of H-pyrrole nitrogens is 1. The lowest BCUT2D eigenvalue weighted by molar-refractivity contribution is -0.116. The van der Waals surface area contributed by atoms with Crippen LogP contribution in [0.25, 0.3) is 0 Å². The molecule has 1 aliphatic heterocycles. The molecular weight excluding hydrogens is 557 g/mol. The Morgan fingerprint density at radius 3 is 2.49 bits per heavy atom. The van der Waals surface area contributed by atoms with Crippen LogP contribution in [0.3, 0.4) is 0 Å². The molecule has 5 rings (SSSR count). The molecule has 1 fully saturated rings. The highest BCUT2D eigenvalue weighted by atomic mass is 35.5. The van der Waals surface area contributed by atoms with E-state index < -0.39 is 0 Å². The van der Waals surface area contributed by atoms with Crippen LogP contribution in [0.4, 0.5) is 0 Å². The van der Waals surface area contributed by atoms with Gasteiger partial charge in [0.1, 0.15) is 5.71 Å². The topological polar surface area (TPSA) is 101 Å². The predicted molar refractivity (Wildman–Crippen MR) is 162 cm³/mol. The number of tetrazole rings is 1. The third-order valence-corrected chi connectivity index (χ3v) is 10.0. The number of unbranched alkanes of at least 4 members (excludes halogenated alkanes) is 1. The zero-order chi connectivity index (χ0) is 29.0. The van der Waals surface area contributed by atoms with Crippen LogP contribution in [-0.2, 0) is 16.0 Å². The minimum atomic E-state index is -0.263. The normalized spacial score (nSPS) is 23.4. The summed E-state index contributed by atoms with van der Waals surface area (Å²) in [5, 5.41) is 15.0. The van der Waals surface area contributed by atoms with Crippen molar-refractivity contribution in [1.82, 2.24) is 20.6 Å². The van der Waals surface area contributed by atoms with E-state index in [1.807, 2.05) is 18.2 Å². The standard InChI is InChI=1S/C32H39Cl2N5O2/c1-20(22-10-12-23(13-11-22)28(40)8-4-5-9-30-36-38-39-37-30)27-19-29(41)31(24-16-25(33)18-26(34)17-24)35-32(21(27)2)14-6-3-7-15-32/h10,12,16-18,20-21,27H,3-9,11,13-15,19H2,1-2H3,(H,36,37,38,39). The van der Waals surface area contributed by atoms with E-state index in [0.717, 1.165) is 68.9 Å². The average Bonchev–Trinajstić information content (AvgIpc) is 3.46. The van der Waals surface area contributed by atoms with Gasteiger partial charge in [-0.3, -0.25) is 14.6 Å². The van der Waals surface area contributed by atoms with Crippen molar-refractivity contribution >= 4 is 40.5 Å². The Morgan fingerprint density at radius 2 is 1.83 bits per heavy atom. The number of aromatic amines is 1. The van der Waals surface area contributed by atoms with Gasteiger partial charge < -0.3 is 0 Å². The molecule has 3 aliphatic rings. The molecule has 7 nitrogen and oxygen atoms in total. The lowest BCUT2D eigenvalue weighted by Crippen LogP contribution is -2.42. The molecule has 0 bridgehead atoms. The highest BCUT2D eigenvalue weighted by Crippen LogP contribution is 2.48. The van der Waals surface area contributed by atoms with E-state index in [1.54, 1.807) is 6.07 Å². The van der Waals surface area contributed by atoms with Crippen LogP contribution in [0.2, 0.25) is 10.0 Å². The second-order valence-electron chi connectivity index (χ2n) is 12.0. The van der Waals surface area contributed by atoms with Gasteiger partial charge in [-0.1, -0.05) is 79.3 Å². The van der Waals surface area contributed by atoms with E-state index in [4.69, 9.17) is 28.2 Å². The summed E-state index contributed by atoms with van der Waals surface area (Å²) in [6.07, 6.45) is 14.6. The van der Waals surface area contributed by atoms with Gasteiger partial charge in [0.05, 0.1) is 5.54 Å². The van der Waals surface area contributed by atoms with Crippen LogP contribution in [0, 0.1) is 17.8 Å². The summed E-state index contributed by atoms with van der Waals surface area (Å²) in [6, 6.07) is 5.32. The third-order valence-electron chi connectivity index (χ3n) is 9.58. The SMILES string of the molecule is CC(C1=CC=C(C(=O)CCCCc2nn[nH]n2)CC1)C1CC(=O)C(c2cc(Cl)cc(Cl)c2)=NC2(CCCCC2)C1C. The molecule has 218 valence electrons. The number of allylic oxidation sites excluding steroid dienone is 4. The average molecular weight is 597 g/mol. The van der Waals surface area contributed by atoms with Crippen LogP contribution in [0.15, 0.2) is 46.5 Å². The maximum atomic E-state index is 13.8. The molecule has 1 N–H and O–H groups in total. The number of aromatic nitrogens is 4. The van der Waals surface area contributed by atoms with Gasteiger partial charge in [0, 0.05) is 34.9 Å². The van der Waals surface area contributed by atoms with Crippen LogP contribution < -0.4 is 0 Å². The van der Waals surface area contributed by atoms with Crippen molar-refractivity contribution in [1.29, 1.82) is 0 Å². The number of carbonyl (C=O) groups excluding carboxylic acids is 2. The van der Waals surface area contributed by atoms with Crippen molar-refractivity contribution in [2.45, 2.75) is 96.4 Å². The molecule has 3 unspecified atom stereocenters. The van der Waals surface area contributed by atoms with E-state index in [9.17, 15) is 9.59 Å². The number of ketones is 2. The first-order chi connectivity index (χ1) is 19.8. The first-order valence-electron chi connectivity index (χ1n) is 15.0. The Hall–Kier alpha value is -2.64. The fraction of sp³-hybridized carbons (Fsp3) is 0.562. The second-order valence-corrected chi connectivity index (χ2v) is 12.9. The summed E-state index contributed by atoms with van der Waals surface area (Å²) in [7, 11) is 0. The number of rotatable bonds is 9.